The van der Waals surface area contributed by atoms with Crippen LogP contribution in [0.2, 0.25) is 0 Å². The molecule has 0 aliphatic carbocycles. The molecule has 0 spiro atoms. The van der Waals surface area contributed by atoms with Crippen molar-refractivity contribution in [2.75, 3.05) is 6.54 Å². The lowest BCUT2D eigenvalue weighted by molar-refractivity contribution is -0.126. The van der Waals surface area contributed by atoms with Gasteiger partial charge in [-0.25, -0.2) is 4.39 Å². The van der Waals surface area contributed by atoms with Gasteiger partial charge >= 0.3 is 6.18 Å². The standard InChI is InChI=1S/C13H14F4N2/c1-8(19-7-13(15,16)17)4-9-6-18-12-3-2-10(14)5-11(9)12/h2-3,5-6,8,18-19H,4,7H2,1H3. The molecule has 0 aliphatic rings. The van der Waals surface area contributed by atoms with Gasteiger partial charge in [0.2, 0.25) is 0 Å². The number of hydrogen-bond acceptors (Lipinski definition) is 1. The van der Waals surface area contributed by atoms with Gasteiger partial charge in [-0.1, -0.05) is 0 Å². The average Bonchev–Trinajstić information content (AvgIpc) is 2.68. The van der Waals surface area contributed by atoms with Crippen LogP contribution in [0.3, 0.4) is 0 Å². The summed E-state index contributed by atoms with van der Waals surface area (Å²) in [5.41, 5.74) is 1.58. The van der Waals surface area contributed by atoms with E-state index in [0.29, 0.717) is 11.8 Å². The molecule has 0 aliphatic heterocycles. The molecule has 19 heavy (non-hydrogen) atoms. The minimum absolute atomic E-state index is 0.344. The topological polar surface area (TPSA) is 27.8 Å². The molecule has 2 rings (SSSR count). The molecule has 0 radical (unpaired) electrons. The summed E-state index contributed by atoms with van der Waals surface area (Å²) in [4.78, 5) is 2.98. The Balaban J connectivity index is 2.06. The van der Waals surface area contributed by atoms with Crippen molar-refractivity contribution < 1.29 is 17.6 Å². The smallest absolute Gasteiger partial charge is 0.361 e. The zero-order valence-electron chi connectivity index (χ0n) is 10.3. The van der Waals surface area contributed by atoms with Gasteiger partial charge in [0.15, 0.2) is 0 Å². The number of H-pyrrole nitrogens is 1. The van der Waals surface area contributed by atoms with Crippen LogP contribution in [0.15, 0.2) is 24.4 Å². The molecule has 6 heteroatoms. The molecule has 1 aromatic heterocycles. The SMILES string of the molecule is CC(Cc1c[nH]c2ccc(F)cc12)NCC(F)(F)F. The summed E-state index contributed by atoms with van der Waals surface area (Å²) in [7, 11) is 0. The summed E-state index contributed by atoms with van der Waals surface area (Å²) in [5.74, 6) is -0.357. The van der Waals surface area contributed by atoms with Crippen LogP contribution in [0.25, 0.3) is 10.9 Å². The molecule has 104 valence electrons. The van der Waals surface area contributed by atoms with E-state index < -0.39 is 12.7 Å². The van der Waals surface area contributed by atoms with Crippen molar-refractivity contribution in [2.24, 2.45) is 0 Å². The molecule has 2 aromatic rings. The zero-order chi connectivity index (χ0) is 14.0. The van der Waals surface area contributed by atoms with Crippen LogP contribution in [0.4, 0.5) is 17.6 Å². The Hall–Kier alpha value is -1.56. The first kappa shape index (κ1) is 13.9. The average molecular weight is 274 g/mol. The Morgan fingerprint density at radius 2 is 2.05 bits per heavy atom. The van der Waals surface area contributed by atoms with E-state index in [-0.39, 0.29) is 11.9 Å². The summed E-state index contributed by atoms with van der Waals surface area (Å²) in [5, 5.41) is 3.12. The molecular weight excluding hydrogens is 260 g/mol. The maximum atomic E-state index is 13.2. The van der Waals surface area contributed by atoms with Crippen molar-refractivity contribution in [1.29, 1.82) is 0 Å². The lowest BCUT2D eigenvalue weighted by atomic mass is 10.1. The minimum atomic E-state index is -4.22. The predicted octanol–water partition coefficient (Wildman–Crippen LogP) is 3.39. The van der Waals surface area contributed by atoms with Crippen LogP contribution in [0.5, 0.6) is 0 Å². The zero-order valence-corrected chi connectivity index (χ0v) is 10.3. The van der Waals surface area contributed by atoms with Gasteiger partial charge in [0.1, 0.15) is 5.82 Å². The predicted molar refractivity (Wildman–Crippen MR) is 65.5 cm³/mol. The molecular formula is C13H14F4N2. The van der Waals surface area contributed by atoms with Crippen molar-refractivity contribution in [3.63, 3.8) is 0 Å². The van der Waals surface area contributed by atoms with E-state index in [4.69, 9.17) is 0 Å². The number of benzene rings is 1. The fourth-order valence-electron chi connectivity index (χ4n) is 2.01. The van der Waals surface area contributed by atoms with Gasteiger partial charge in [-0.3, -0.25) is 0 Å². The fraction of sp³-hybridized carbons (Fsp3) is 0.385. The summed E-state index contributed by atoms with van der Waals surface area (Å²) in [6.07, 6.45) is -2.12. The van der Waals surface area contributed by atoms with Crippen LogP contribution in [0.1, 0.15) is 12.5 Å². The maximum absolute atomic E-state index is 13.2. The first-order chi connectivity index (χ1) is 8.85. The summed E-state index contributed by atoms with van der Waals surface area (Å²) in [6.45, 7) is 0.648. The number of halogens is 4. The highest BCUT2D eigenvalue weighted by Gasteiger charge is 2.27. The van der Waals surface area contributed by atoms with E-state index in [9.17, 15) is 17.6 Å². The molecule has 1 atom stereocenters. The number of aromatic nitrogens is 1. The minimum Gasteiger partial charge on any atom is -0.361 e. The third-order valence-corrected chi connectivity index (χ3v) is 2.91. The lowest BCUT2D eigenvalue weighted by Crippen LogP contribution is -2.36. The monoisotopic (exact) mass is 274 g/mol. The Kier molecular flexibility index (Phi) is 3.80. The molecule has 1 aromatic carbocycles. The summed E-state index contributed by atoms with van der Waals surface area (Å²) >= 11 is 0. The van der Waals surface area contributed by atoms with Crippen LogP contribution in [0, 0.1) is 5.82 Å². The van der Waals surface area contributed by atoms with Gasteiger partial charge in [-0.2, -0.15) is 13.2 Å². The quantitative estimate of drug-likeness (QED) is 0.822. The number of nitrogens with one attached hydrogen (secondary N) is 2. The molecule has 0 amide bonds. The van der Waals surface area contributed by atoms with Crippen molar-refractivity contribution in [3.8, 4) is 0 Å². The summed E-state index contributed by atoms with van der Waals surface area (Å²) < 4.78 is 49.4. The Morgan fingerprint density at radius 1 is 1.32 bits per heavy atom. The third-order valence-electron chi connectivity index (χ3n) is 2.91. The second kappa shape index (κ2) is 5.21. The number of aromatic amines is 1. The van der Waals surface area contributed by atoms with Gasteiger partial charge in [0, 0.05) is 23.1 Å². The van der Waals surface area contributed by atoms with Crippen LogP contribution < -0.4 is 5.32 Å². The van der Waals surface area contributed by atoms with Crippen molar-refractivity contribution in [3.05, 3.63) is 35.8 Å². The van der Waals surface area contributed by atoms with Gasteiger partial charge < -0.3 is 10.3 Å². The molecule has 2 N–H and O–H groups in total. The van der Waals surface area contributed by atoms with E-state index in [1.54, 1.807) is 19.2 Å². The van der Waals surface area contributed by atoms with Crippen LogP contribution in [-0.2, 0) is 6.42 Å². The highest BCUT2D eigenvalue weighted by atomic mass is 19.4. The molecule has 0 fully saturated rings. The van der Waals surface area contributed by atoms with Crippen LogP contribution >= 0.6 is 0 Å². The Labute approximate surface area is 107 Å². The van der Waals surface area contributed by atoms with Gasteiger partial charge in [-0.15, -0.1) is 0 Å². The Bertz CT molecular complexity index is 559. The van der Waals surface area contributed by atoms with Crippen molar-refractivity contribution in [1.82, 2.24) is 10.3 Å². The highest BCUT2D eigenvalue weighted by Crippen LogP contribution is 2.21. The first-order valence-corrected chi connectivity index (χ1v) is 5.91. The van der Waals surface area contributed by atoms with E-state index in [1.165, 1.54) is 12.1 Å². The second-order valence-corrected chi connectivity index (χ2v) is 4.61. The molecule has 0 bridgehead atoms. The van der Waals surface area contributed by atoms with Gasteiger partial charge in [0.05, 0.1) is 6.54 Å². The van der Waals surface area contributed by atoms with Crippen molar-refractivity contribution in [2.45, 2.75) is 25.6 Å². The molecule has 1 heterocycles. The van der Waals surface area contributed by atoms with E-state index in [1.807, 2.05) is 0 Å². The maximum Gasteiger partial charge on any atom is 0.401 e. The van der Waals surface area contributed by atoms with Gasteiger partial charge in [0.25, 0.3) is 0 Å². The number of hydrogen-bond donors (Lipinski definition) is 2. The molecule has 0 saturated heterocycles. The number of fused-ring (bicyclic) bond motifs is 1. The molecule has 0 saturated carbocycles. The normalized spacial score (nSPS) is 13.9. The number of alkyl halides is 3. The van der Waals surface area contributed by atoms with Crippen LogP contribution in [-0.4, -0.2) is 23.7 Å². The van der Waals surface area contributed by atoms with Gasteiger partial charge in [-0.05, 0) is 37.1 Å². The fourth-order valence-corrected chi connectivity index (χ4v) is 2.01. The van der Waals surface area contributed by atoms with E-state index in [0.717, 1.165) is 11.1 Å². The number of rotatable bonds is 4. The van der Waals surface area contributed by atoms with E-state index >= 15 is 0 Å². The molecule has 1 unspecified atom stereocenters. The lowest BCUT2D eigenvalue weighted by Gasteiger charge is -2.15. The molecule has 2 nitrogen and oxygen atoms in total. The van der Waals surface area contributed by atoms with E-state index in [2.05, 4.69) is 10.3 Å². The highest BCUT2D eigenvalue weighted by molar-refractivity contribution is 5.83. The summed E-state index contributed by atoms with van der Waals surface area (Å²) in [6, 6.07) is 4.00. The first-order valence-electron chi connectivity index (χ1n) is 5.91. The Morgan fingerprint density at radius 3 is 2.74 bits per heavy atom. The van der Waals surface area contributed by atoms with Crippen molar-refractivity contribution >= 4 is 10.9 Å². The third kappa shape index (κ3) is 3.70. The largest absolute Gasteiger partial charge is 0.401 e. The second-order valence-electron chi connectivity index (χ2n) is 4.61.